The zero-order valence-electron chi connectivity index (χ0n) is 18.2. The summed E-state index contributed by atoms with van der Waals surface area (Å²) in [6, 6.07) is 18.6. The van der Waals surface area contributed by atoms with E-state index in [0.29, 0.717) is 0 Å². The molecule has 1 fully saturated rings. The lowest BCUT2D eigenvalue weighted by Crippen LogP contribution is -2.37. The van der Waals surface area contributed by atoms with E-state index in [9.17, 15) is 4.79 Å². The molecule has 3 aromatic rings. The van der Waals surface area contributed by atoms with E-state index in [1.165, 1.54) is 5.56 Å². The largest absolute Gasteiger partial charge is 0.341 e. The van der Waals surface area contributed by atoms with Gasteiger partial charge >= 0.3 is 0 Å². The van der Waals surface area contributed by atoms with Gasteiger partial charge in [0.15, 0.2) is 0 Å². The maximum absolute atomic E-state index is 13.4. The SMILES string of the molecule is CCCN1CCN(Cc2ccccn2)C[C@H](Cc2cccc(-c3cccnc3)c2)C1=O. The Labute approximate surface area is 184 Å². The van der Waals surface area contributed by atoms with Crippen LogP contribution in [0.15, 0.2) is 73.2 Å². The summed E-state index contributed by atoms with van der Waals surface area (Å²) >= 11 is 0. The van der Waals surface area contributed by atoms with Gasteiger partial charge in [0.05, 0.1) is 11.6 Å². The highest BCUT2D eigenvalue weighted by atomic mass is 16.2. The molecule has 2 aromatic heterocycles. The van der Waals surface area contributed by atoms with Crippen LogP contribution in [0.4, 0.5) is 0 Å². The van der Waals surface area contributed by atoms with Crippen molar-refractivity contribution in [3.63, 3.8) is 0 Å². The van der Waals surface area contributed by atoms with Crippen molar-refractivity contribution in [3.8, 4) is 11.1 Å². The quantitative estimate of drug-likeness (QED) is 0.585. The van der Waals surface area contributed by atoms with Crippen molar-refractivity contribution in [3.05, 3.63) is 84.4 Å². The van der Waals surface area contributed by atoms with Gasteiger partial charge < -0.3 is 4.90 Å². The zero-order chi connectivity index (χ0) is 21.5. The molecule has 0 unspecified atom stereocenters. The molecule has 5 heteroatoms. The monoisotopic (exact) mass is 414 g/mol. The summed E-state index contributed by atoms with van der Waals surface area (Å²) in [6.45, 7) is 6.16. The molecule has 3 heterocycles. The van der Waals surface area contributed by atoms with E-state index in [-0.39, 0.29) is 11.8 Å². The summed E-state index contributed by atoms with van der Waals surface area (Å²) < 4.78 is 0. The second kappa shape index (κ2) is 10.3. The fourth-order valence-corrected chi connectivity index (χ4v) is 4.32. The minimum absolute atomic E-state index is 0.0538. The number of rotatable bonds is 7. The first kappa shape index (κ1) is 21.2. The first-order chi connectivity index (χ1) is 15.2. The second-order valence-electron chi connectivity index (χ2n) is 8.22. The van der Waals surface area contributed by atoms with Crippen LogP contribution >= 0.6 is 0 Å². The summed E-state index contributed by atoms with van der Waals surface area (Å²) in [5, 5.41) is 0. The fraction of sp³-hybridized carbons (Fsp3) is 0.346. The topological polar surface area (TPSA) is 49.3 Å². The van der Waals surface area contributed by atoms with Crippen molar-refractivity contribution in [2.75, 3.05) is 26.2 Å². The minimum atomic E-state index is -0.0538. The number of benzene rings is 1. The number of nitrogens with zero attached hydrogens (tertiary/aromatic N) is 4. The molecule has 1 amide bonds. The van der Waals surface area contributed by atoms with Crippen LogP contribution in [0.3, 0.4) is 0 Å². The predicted molar refractivity (Wildman–Crippen MR) is 123 cm³/mol. The van der Waals surface area contributed by atoms with E-state index in [1.807, 2.05) is 35.5 Å². The smallest absolute Gasteiger partial charge is 0.227 e. The van der Waals surface area contributed by atoms with Crippen LogP contribution in [0.2, 0.25) is 0 Å². The highest BCUT2D eigenvalue weighted by Gasteiger charge is 2.30. The molecule has 1 saturated heterocycles. The Morgan fingerprint density at radius 1 is 1.00 bits per heavy atom. The van der Waals surface area contributed by atoms with E-state index >= 15 is 0 Å². The summed E-state index contributed by atoms with van der Waals surface area (Å²) in [6.07, 6.45) is 7.23. The molecule has 1 aliphatic rings. The normalized spacial score (nSPS) is 17.5. The Hall–Kier alpha value is -3.05. The maximum atomic E-state index is 13.4. The second-order valence-corrected chi connectivity index (χ2v) is 8.22. The number of carbonyl (C=O) groups excluding carboxylic acids is 1. The lowest BCUT2D eigenvalue weighted by Gasteiger charge is -2.24. The van der Waals surface area contributed by atoms with Crippen molar-refractivity contribution < 1.29 is 4.79 Å². The van der Waals surface area contributed by atoms with E-state index in [1.54, 1.807) is 6.20 Å². The van der Waals surface area contributed by atoms with Gasteiger partial charge in [-0.1, -0.05) is 43.3 Å². The molecule has 0 bridgehead atoms. The Balaban J connectivity index is 1.54. The van der Waals surface area contributed by atoms with Gasteiger partial charge in [-0.05, 0) is 47.7 Å². The van der Waals surface area contributed by atoms with Crippen molar-refractivity contribution in [1.82, 2.24) is 19.8 Å². The van der Waals surface area contributed by atoms with Gasteiger partial charge in [0.25, 0.3) is 0 Å². The maximum Gasteiger partial charge on any atom is 0.227 e. The van der Waals surface area contributed by atoms with E-state index < -0.39 is 0 Å². The molecule has 0 N–H and O–H groups in total. The van der Waals surface area contributed by atoms with Gasteiger partial charge in [0.1, 0.15) is 0 Å². The lowest BCUT2D eigenvalue weighted by atomic mass is 9.95. The third-order valence-corrected chi connectivity index (χ3v) is 5.83. The van der Waals surface area contributed by atoms with Gasteiger partial charge in [-0.25, -0.2) is 0 Å². The molecule has 5 nitrogen and oxygen atoms in total. The average molecular weight is 415 g/mol. The number of aromatic nitrogens is 2. The summed E-state index contributed by atoms with van der Waals surface area (Å²) in [7, 11) is 0. The Bertz CT molecular complexity index is 977. The van der Waals surface area contributed by atoms with Crippen molar-refractivity contribution in [2.24, 2.45) is 5.92 Å². The van der Waals surface area contributed by atoms with Crippen LogP contribution in [0.25, 0.3) is 11.1 Å². The van der Waals surface area contributed by atoms with E-state index in [2.05, 4.69) is 58.2 Å². The molecule has 1 aromatic carbocycles. The molecule has 0 saturated carbocycles. The van der Waals surface area contributed by atoms with Gasteiger partial charge in [0, 0.05) is 51.3 Å². The third kappa shape index (κ3) is 5.56. The van der Waals surface area contributed by atoms with Crippen LogP contribution in [0.1, 0.15) is 24.6 Å². The van der Waals surface area contributed by atoms with Gasteiger partial charge in [0.2, 0.25) is 5.91 Å². The lowest BCUT2D eigenvalue weighted by molar-refractivity contribution is -0.134. The highest BCUT2D eigenvalue weighted by molar-refractivity contribution is 5.80. The molecule has 160 valence electrons. The molecular formula is C26H30N4O. The Kier molecular flexibility index (Phi) is 7.05. The van der Waals surface area contributed by atoms with Crippen LogP contribution in [0, 0.1) is 5.92 Å². The Morgan fingerprint density at radius 3 is 2.68 bits per heavy atom. The molecule has 0 spiro atoms. The number of hydrogen-bond donors (Lipinski definition) is 0. The summed E-state index contributed by atoms with van der Waals surface area (Å²) in [5.74, 6) is 0.221. The van der Waals surface area contributed by atoms with Gasteiger partial charge in [-0.3, -0.25) is 19.7 Å². The van der Waals surface area contributed by atoms with Gasteiger partial charge in [-0.15, -0.1) is 0 Å². The number of hydrogen-bond acceptors (Lipinski definition) is 4. The molecular weight excluding hydrogens is 384 g/mol. The first-order valence-electron chi connectivity index (χ1n) is 11.1. The molecule has 0 radical (unpaired) electrons. The zero-order valence-corrected chi connectivity index (χ0v) is 18.2. The summed E-state index contributed by atoms with van der Waals surface area (Å²) in [4.78, 5) is 26.5. The van der Waals surface area contributed by atoms with Crippen molar-refractivity contribution in [1.29, 1.82) is 0 Å². The molecule has 31 heavy (non-hydrogen) atoms. The minimum Gasteiger partial charge on any atom is -0.341 e. The van der Waals surface area contributed by atoms with Gasteiger partial charge in [-0.2, -0.15) is 0 Å². The van der Waals surface area contributed by atoms with Crippen LogP contribution in [-0.4, -0.2) is 51.9 Å². The van der Waals surface area contributed by atoms with Crippen molar-refractivity contribution in [2.45, 2.75) is 26.3 Å². The molecule has 1 aliphatic heterocycles. The molecule has 1 atom stereocenters. The van der Waals surface area contributed by atoms with E-state index in [4.69, 9.17) is 0 Å². The Morgan fingerprint density at radius 2 is 1.90 bits per heavy atom. The molecule has 0 aliphatic carbocycles. The number of pyridine rings is 2. The van der Waals surface area contributed by atoms with E-state index in [0.717, 1.165) is 62.4 Å². The van der Waals surface area contributed by atoms with Crippen LogP contribution in [-0.2, 0) is 17.8 Å². The number of amides is 1. The average Bonchev–Trinajstić information content (AvgIpc) is 2.95. The fourth-order valence-electron chi connectivity index (χ4n) is 4.32. The highest BCUT2D eigenvalue weighted by Crippen LogP contribution is 2.23. The van der Waals surface area contributed by atoms with Crippen LogP contribution < -0.4 is 0 Å². The standard InChI is InChI=1S/C26H30N4O/c1-2-13-30-15-14-29(20-25-10-3-4-12-28-25)19-24(26(30)31)17-21-7-5-8-22(16-21)23-9-6-11-27-18-23/h3-12,16,18,24H,2,13-15,17,19-20H2,1H3/t24-/m0/s1. The first-order valence-corrected chi connectivity index (χ1v) is 11.1. The molecule has 4 rings (SSSR count). The summed E-state index contributed by atoms with van der Waals surface area (Å²) in [5.41, 5.74) is 4.48. The van der Waals surface area contributed by atoms with Crippen LogP contribution in [0.5, 0.6) is 0 Å². The third-order valence-electron chi connectivity index (χ3n) is 5.83. The number of carbonyl (C=O) groups is 1. The van der Waals surface area contributed by atoms with Crippen molar-refractivity contribution >= 4 is 5.91 Å². The predicted octanol–water partition coefficient (Wildman–Crippen LogP) is 4.06.